The Bertz CT molecular complexity index is 763. The van der Waals surface area contributed by atoms with Crippen LogP contribution < -0.4 is 5.32 Å². The van der Waals surface area contributed by atoms with Crippen molar-refractivity contribution in [2.24, 2.45) is 0 Å². The number of aryl methyl sites for hydroxylation is 1. The summed E-state index contributed by atoms with van der Waals surface area (Å²) in [5, 5.41) is 10.7. The standard InChI is InChI=1S/C15H14N4O/c1-10-8-16-7-6-11(10)9-17-15(20)14-12-4-2-3-5-13(12)18-19-14/h2-8H,9H2,1H3,(H,17,20)(H,18,19). The third-order valence-electron chi connectivity index (χ3n) is 3.26. The van der Waals surface area contributed by atoms with E-state index in [4.69, 9.17) is 0 Å². The summed E-state index contributed by atoms with van der Waals surface area (Å²) in [5.74, 6) is -0.182. The molecule has 3 rings (SSSR count). The van der Waals surface area contributed by atoms with Gasteiger partial charge >= 0.3 is 0 Å². The number of carbonyl (C=O) groups is 1. The van der Waals surface area contributed by atoms with Crippen LogP contribution in [0.1, 0.15) is 21.6 Å². The zero-order valence-corrected chi connectivity index (χ0v) is 11.1. The third kappa shape index (κ3) is 2.25. The average molecular weight is 266 g/mol. The van der Waals surface area contributed by atoms with E-state index < -0.39 is 0 Å². The zero-order valence-electron chi connectivity index (χ0n) is 11.1. The monoisotopic (exact) mass is 266 g/mol. The van der Waals surface area contributed by atoms with Gasteiger partial charge in [0, 0.05) is 24.3 Å². The number of rotatable bonds is 3. The second-order valence-electron chi connectivity index (χ2n) is 4.60. The van der Waals surface area contributed by atoms with Gasteiger partial charge in [0.25, 0.3) is 5.91 Å². The van der Waals surface area contributed by atoms with Gasteiger partial charge in [0.1, 0.15) is 0 Å². The topological polar surface area (TPSA) is 70.7 Å². The van der Waals surface area contributed by atoms with E-state index in [9.17, 15) is 4.79 Å². The summed E-state index contributed by atoms with van der Waals surface area (Å²) in [7, 11) is 0. The molecular formula is C15H14N4O. The Morgan fingerprint density at radius 2 is 2.15 bits per heavy atom. The smallest absolute Gasteiger partial charge is 0.272 e. The van der Waals surface area contributed by atoms with Crippen molar-refractivity contribution in [1.82, 2.24) is 20.5 Å². The molecule has 5 nitrogen and oxygen atoms in total. The molecule has 0 aliphatic heterocycles. The van der Waals surface area contributed by atoms with Crippen LogP contribution in [0.2, 0.25) is 0 Å². The highest BCUT2D eigenvalue weighted by molar-refractivity contribution is 6.04. The number of hydrogen-bond donors (Lipinski definition) is 2. The lowest BCUT2D eigenvalue weighted by molar-refractivity contribution is 0.0947. The highest BCUT2D eigenvalue weighted by atomic mass is 16.1. The maximum absolute atomic E-state index is 12.2. The van der Waals surface area contributed by atoms with Crippen molar-refractivity contribution in [3.63, 3.8) is 0 Å². The Kier molecular flexibility index (Phi) is 3.16. The summed E-state index contributed by atoms with van der Waals surface area (Å²) >= 11 is 0. The summed E-state index contributed by atoms with van der Waals surface area (Å²) in [6.07, 6.45) is 3.50. The quantitative estimate of drug-likeness (QED) is 0.763. The highest BCUT2D eigenvalue weighted by Gasteiger charge is 2.13. The van der Waals surface area contributed by atoms with Gasteiger partial charge in [-0.15, -0.1) is 0 Å². The van der Waals surface area contributed by atoms with Gasteiger partial charge in [0.05, 0.1) is 5.52 Å². The van der Waals surface area contributed by atoms with Gasteiger partial charge in [-0.2, -0.15) is 5.10 Å². The number of amides is 1. The lowest BCUT2D eigenvalue weighted by Crippen LogP contribution is -2.23. The highest BCUT2D eigenvalue weighted by Crippen LogP contribution is 2.15. The normalized spacial score (nSPS) is 10.7. The molecular weight excluding hydrogens is 252 g/mol. The molecule has 0 fully saturated rings. The van der Waals surface area contributed by atoms with Crippen molar-refractivity contribution in [1.29, 1.82) is 0 Å². The number of pyridine rings is 1. The van der Waals surface area contributed by atoms with Crippen molar-refractivity contribution < 1.29 is 4.79 Å². The molecule has 2 aromatic heterocycles. The molecule has 2 N–H and O–H groups in total. The van der Waals surface area contributed by atoms with Gasteiger partial charge in [-0.1, -0.05) is 18.2 Å². The summed E-state index contributed by atoms with van der Waals surface area (Å²) in [6.45, 7) is 2.44. The summed E-state index contributed by atoms with van der Waals surface area (Å²) in [4.78, 5) is 16.2. The first-order valence-electron chi connectivity index (χ1n) is 6.36. The Morgan fingerprint density at radius 3 is 3.00 bits per heavy atom. The Hall–Kier alpha value is -2.69. The minimum Gasteiger partial charge on any atom is -0.347 e. The van der Waals surface area contributed by atoms with Crippen molar-refractivity contribution in [2.45, 2.75) is 13.5 Å². The molecule has 0 saturated heterocycles. The van der Waals surface area contributed by atoms with E-state index in [1.807, 2.05) is 37.3 Å². The molecule has 0 spiro atoms. The zero-order chi connectivity index (χ0) is 13.9. The molecule has 0 bridgehead atoms. The number of benzene rings is 1. The number of nitrogens with one attached hydrogen (secondary N) is 2. The van der Waals surface area contributed by atoms with Gasteiger partial charge in [0.15, 0.2) is 5.69 Å². The fourth-order valence-corrected chi connectivity index (χ4v) is 2.10. The maximum atomic E-state index is 12.2. The molecule has 0 aliphatic carbocycles. The van der Waals surface area contributed by atoms with Crippen LogP contribution in [-0.2, 0) is 6.54 Å². The molecule has 0 saturated carbocycles. The molecule has 1 amide bonds. The molecule has 3 aromatic rings. The number of aromatic nitrogens is 3. The summed E-state index contributed by atoms with van der Waals surface area (Å²) in [6, 6.07) is 9.47. The third-order valence-corrected chi connectivity index (χ3v) is 3.26. The van der Waals surface area contributed by atoms with Crippen LogP contribution in [0.3, 0.4) is 0 Å². The molecule has 20 heavy (non-hydrogen) atoms. The van der Waals surface area contributed by atoms with E-state index in [1.54, 1.807) is 12.4 Å². The minimum absolute atomic E-state index is 0.182. The molecule has 5 heteroatoms. The number of carbonyl (C=O) groups excluding carboxylic acids is 1. The number of nitrogens with zero attached hydrogens (tertiary/aromatic N) is 2. The van der Waals surface area contributed by atoms with Gasteiger partial charge in [-0.05, 0) is 30.2 Å². The first kappa shape index (κ1) is 12.3. The van der Waals surface area contributed by atoms with E-state index in [-0.39, 0.29) is 5.91 Å². The number of para-hydroxylation sites is 1. The van der Waals surface area contributed by atoms with E-state index in [0.29, 0.717) is 12.2 Å². The minimum atomic E-state index is -0.182. The summed E-state index contributed by atoms with van der Waals surface area (Å²) < 4.78 is 0. The van der Waals surface area contributed by atoms with E-state index in [2.05, 4.69) is 20.5 Å². The van der Waals surface area contributed by atoms with E-state index in [0.717, 1.165) is 22.0 Å². The number of hydrogen-bond acceptors (Lipinski definition) is 3. The van der Waals surface area contributed by atoms with Crippen molar-refractivity contribution in [2.75, 3.05) is 0 Å². The first-order valence-corrected chi connectivity index (χ1v) is 6.36. The Balaban J connectivity index is 1.79. The molecule has 0 unspecified atom stereocenters. The van der Waals surface area contributed by atoms with Crippen LogP contribution >= 0.6 is 0 Å². The number of H-pyrrole nitrogens is 1. The fourth-order valence-electron chi connectivity index (χ4n) is 2.10. The van der Waals surface area contributed by atoms with E-state index >= 15 is 0 Å². The SMILES string of the molecule is Cc1cnccc1CNC(=O)c1n[nH]c2ccccc12. The predicted octanol–water partition coefficient (Wildman–Crippen LogP) is 2.20. The van der Waals surface area contributed by atoms with Crippen LogP contribution in [0.15, 0.2) is 42.7 Å². The van der Waals surface area contributed by atoms with Crippen LogP contribution in [0.5, 0.6) is 0 Å². The van der Waals surface area contributed by atoms with Crippen molar-refractivity contribution >= 4 is 16.8 Å². The fraction of sp³-hybridized carbons (Fsp3) is 0.133. The van der Waals surface area contributed by atoms with Gasteiger partial charge < -0.3 is 5.32 Å². The lowest BCUT2D eigenvalue weighted by Gasteiger charge is -2.06. The first-order chi connectivity index (χ1) is 9.75. The number of fused-ring (bicyclic) bond motifs is 1. The van der Waals surface area contributed by atoms with Gasteiger partial charge in [0.2, 0.25) is 0 Å². The molecule has 2 heterocycles. The van der Waals surface area contributed by atoms with Crippen molar-refractivity contribution in [3.05, 3.63) is 59.5 Å². The van der Waals surface area contributed by atoms with Crippen LogP contribution in [-0.4, -0.2) is 21.1 Å². The van der Waals surface area contributed by atoms with Gasteiger partial charge in [-0.25, -0.2) is 0 Å². The molecule has 100 valence electrons. The van der Waals surface area contributed by atoms with Crippen LogP contribution in [0.4, 0.5) is 0 Å². The maximum Gasteiger partial charge on any atom is 0.272 e. The van der Waals surface area contributed by atoms with Crippen molar-refractivity contribution in [3.8, 4) is 0 Å². The van der Waals surface area contributed by atoms with Gasteiger partial charge in [-0.3, -0.25) is 14.9 Å². The summed E-state index contributed by atoms with van der Waals surface area (Å²) in [5.41, 5.74) is 3.39. The molecule has 0 radical (unpaired) electrons. The Morgan fingerprint density at radius 1 is 1.30 bits per heavy atom. The average Bonchev–Trinajstić information content (AvgIpc) is 2.90. The van der Waals surface area contributed by atoms with E-state index in [1.165, 1.54) is 0 Å². The largest absolute Gasteiger partial charge is 0.347 e. The number of aromatic amines is 1. The molecule has 1 aromatic carbocycles. The predicted molar refractivity (Wildman–Crippen MR) is 76.2 cm³/mol. The van der Waals surface area contributed by atoms with Crippen LogP contribution in [0.25, 0.3) is 10.9 Å². The molecule has 0 atom stereocenters. The lowest BCUT2D eigenvalue weighted by atomic mass is 10.1. The Labute approximate surface area is 116 Å². The second-order valence-corrected chi connectivity index (χ2v) is 4.60. The van der Waals surface area contributed by atoms with Crippen LogP contribution in [0, 0.1) is 6.92 Å². The second kappa shape index (κ2) is 5.13. The molecule has 0 aliphatic rings.